The molecule has 0 bridgehead atoms. The summed E-state index contributed by atoms with van der Waals surface area (Å²) in [4.78, 5) is 7.21. The molecule has 0 saturated carbocycles. The summed E-state index contributed by atoms with van der Waals surface area (Å²) in [5, 5.41) is 6.64. The lowest BCUT2D eigenvalue weighted by Gasteiger charge is -2.17. The van der Waals surface area contributed by atoms with Crippen LogP contribution in [-0.2, 0) is 22.0 Å². The van der Waals surface area contributed by atoms with Crippen LogP contribution in [0.3, 0.4) is 0 Å². The summed E-state index contributed by atoms with van der Waals surface area (Å²) >= 11 is 1.81. The molecule has 2 rings (SSSR count). The van der Waals surface area contributed by atoms with Gasteiger partial charge >= 0.3 is 0 Å². The van der Waals surface area contributed by atoms with E-state index in [1.54, 1.807) is 0 Å². The Hall–Kier alpha value is -1.13. The zero-order chi connectivity index (χ0) is 20.4. The first-order valence-corrected chi connectivity index (χ1v) is 12.4. The molecule has 0 amide bonds. The predicted molar refractivity (Wildman–Crippen MR) is 135 cm³/mol. The van der Waals surface area contributed by atoms with Gasteiger partial charge in [0.2, 0.25) is 0 Å². The van der Waals surface area contributed by atoms with Crippen LogP contribution in [0.15, 0.2) is 47.5 Å². The van der Waals surface area contributed by atoms with Crippen LogP contribution in [0.1, 0.15) is 35.6 Å². The number of benzene rings is 1. The van der Waals surface area contributed by atoms with E-state index in [9.17, 15) is 8.42 Å². The van der Waals surface area contributed by atoms with E-state index in [0.29, 0.717) is 13.0 Å². The Kier molecular flexibility index (Phi) is 11.8. The highest BCUT2D eigenvalue weighted by molar-refractivity contribution is 14.0. The van der Waals surface area contributed by atoms with Crippen molar-refractivity contribution in [2.75, 3.05) is 18.8 Å². The molecule has 1 aromatic carbocycles. The molecule has 1 atom stereocenters. The maximum Gasteiger partial charge on any atom is 0.191 e. The van der Waals surface area contributed by atoms with E-state index in [1.807, 2.05) is 48.6 Å². The summed E-state index contributed by atoms with van der Waals surface area (Å²) in [6.07, 6.45) is 1.46. The van der Waals surface area contributed by atoms with Gasteiger partial charge in [0.15, 0.2) is 15.8 Å². The molecule has 5 nitrogen and oxygen atoms in total. The number of halogens is 1. The van der Waals surface area contributed by atoms with Crippen molar-refractivity contribution in [1.29, 1.82) is 0 Å². The van der Waals surface area contributed by atoms with Crippen molar-refractivity contribution in [3.8, 4) is 0 Å². The fraction of sp³-hybridized carbons (Fsp3) is 0.476. The normalized spacial score (nSPS) is 12.9. The zero-order valence-corrected chi connectivity index (χ0v) is 21.3. The van der Waals surface area contributed by atoms with E-state index in [2.05, 4.69) is 41.6 Å². The molecule has 2 aromatic rings. The zero-order valence-electron chi connectivity index (χ0n) is 17.3. The van der Waals surface area contributed by atoms with Gasteiger partial charge in [0.1, 0.15) is 0 Å². The Morgan fingerprint density at radius 1 is 1.17 bits per heavy atom. The van der Waals surface area contributed by atoms with Crippen molar-refractivity contribution in [2.45, 2.75) is 45.4 Å². The first kappa shape index (κ1) is 25.9. The highest BCUT2D eigenvalue weighted by Gasteiger charge is 2.12. The standard InChI is InChI=1S/C21H31N3O2S2.HI/c1-4-22-21(24-17(2)15-20-12-11-18(3)27-20)23-13-8-14-28(25,26)16-19-9-6-5-7-10-19;/h5-7,9-12,17H,4,8,13-16H2,1-3H3,(H2,22,23,24);1H. The first-order valence-electron chi connectivity index (χ1n) is 9.72. The van der Waals surface area contributed by atoms with Gasteiger partial charge in [-0.1, -0.05) is 30.3 Å². The van der Waals surface area contributed by atoms with Gasteiger partial charge in [-0.15, -0.1) is 35.3 Å². The first-order chi connectivity index (χ1) is 13.4. The minimum Gasteiger partial charge on any atom is -0.357 e. The van der Waals surface area contributed by atoms with E-state index in [4.69, 9.17) is 0 Å². The number of hydrogen-bond acceptors (Lipinski definition) is 4. The van der Waals surface area contributed by atoms with E-state index >= 15 is 0 Å². The monoisotopic (exact) mass is 549 g/mol. The Bertz CT molecular complexity index is 852. The van der Waals surface area contributed by atoms with Crippen LogP contribution in [0.5, 0.6) is 0 Å². The highest BCUT2D eigenvalue weighted by Crippen LogP contribution is 2.16. The van der Waals surface area contributed by atoms with Gasteiger partial charge in [-0.2, -0.15) is 0 Å². The number of thiophene rings is 1. The van der Waals surface area contributed by atoms with Crippen LogP contribution in [0, 0.1) is 6.92 Å². The molecule has 1 aromatic heterocycles. The molecule has 29 heavy (non-hydrogen) atoms. The summed E-state index contributed by atoms with van der Waals surface area (Å²) in [7, 11) is -3.11. The number of hydrogen-bond donors (Lipinski definition) is 2. The third-order valence-electron chi connectivity index (χ3n) is 4.14. The number of aryl methyl sites for hydroxylation is 1. The van der Waals surface area contributed by atoms with Gasteiger partial charge in [0.05, 0.1) is 11.5 Å². The molecule has 1 heterocycles. The number of guanidine groups is 1. The molecule has 2 N–H and O–H groups in total. The molecule has 1 unspecified atom stereocenters. The second kappa shape index (κ2) is 13.2. The quantitative estimate of drug-likeness (QED) is 0.202. The minimum absolute atomic E-state index is 0. The van der Waals surface area contributed by atoms with Gasteiger partial charge in [-0.05, 0) is 44.9 Å². The van der Waals surface area contributed by atoms with Crippen molar-refractivity contribution in [3.05, 3.63) is 57.8 Å². The van der Waals surface area contributed by atoms with Crippen molar-refractivity contribution in [3.63, 3.8) is 0 Å². The second-order valence-corrected chi connectivity index (χ2v) is 10.5. The van der Waals surface area contributed by atoms with Crippen LogP contribution in [0.2, 0.25) is 0 Å². The molecule has 0 fully saturated rings. The summed E-state index contributed by atoms with van der Waals surface area (Å²) in [6, 6.07) is 13.9. The van der Waals surface area contributed by atoms with Crippen LogP contribution in [0.25, 0.3) is 0 Å². The van der Waals surface area contributed by atoms with E-state index in [1.165, 1.54) is 9.75 Å². The van der Waals surface area contributed by atoms with E-state index in [-0.39, 0.29) is 41.5 Å². The molecule has 0 aliphatic rings. The largest absolute Gasteiger partial charge is 0.357 e. The fourth-order valence-electron chi connectivity index (χ4n) is 2.88. The summed E-state index contributed by atoms with van der Waals surface area (Å²) in [6.45, 7) is 7.52. The number of nitrogens with one attached hydrogen (secondary N) is 2. The van der Waals surface area contributed by atoms with Crippen molar-refractivity contribution >= 4 is 51.1 Å². The summed E-state index contributed by atoms with van der Waals surface area (Å²) in [5.41, 5.74) is 0.832. The highest BCUT2D eigenvalue weighted by atomic mass is 127. The maximum atomic E-state index is 12.3. The molecule has 0 spiro atoms. The fourth-order valence-corrected chi connectivity index (χ4v) is 5.31. The molecule has 0 radical (unpaired) electrons. The lowest BCUT2D eigenvalue weighted by atomic mass is 10.2. The average Bonchev–Trinajstić information content (AvgIpc) is 3.04. The lowest BCUT2D eigenvalue weighted by Crippen LogP contribution is -2.43. The molecular weight excluding hydrogens is 517 g/mol. The molecule has 0 aliphatic heterocycles. The van der Waals surface area contributed by atoms with Crippen LogP contribution in [-0.4, -0.2) is 39.3 Å². The minimum atomic E-state index is -3.11. The Morgan fingerprint density at radius 3 is 2.52 bits per heavy atom. The number of nitrogens with zero attached hydrogens (tertiary/aromatic N) is 1. The van der Waals surface area contributed by atoms with Crippen molar-refractivity contribution in [2.24, 2.45) is 4.99 Å². The van der Waals surface area contributed by atoms with Crippen LogP contribution < -0.4 is 10.6 Å². The Labute approximate surface area is 196 Å². The second-order valence-electron chi connectivity index (χ2n) is 6.95. The predicted octanol–water partition coefficient (Wildman–Crippen LogP) is 4.17. The van der Waals surface area contributed by atoms with E-state index < -0.39 is 9.84 Å². The van der Waals surface area contributed by atoms with Crippen molar-refractivity contribution < 1.29 is 8.42 Å². The maximum absolute atomic E-state index is 12.3. The lowest BCUT2D eigenvalue weighted by molar-refractivity contribution is 0.592. The molecule has 0 saturated heterocycles. The number of sulfone groups is 1. The van der Waals surface area contributed by atoms with Gasteiger partial charge in [0.25, 0.3) is 0 Å². The van der Waals surface area contributed by atoms with Gasteiger partial charge in [0, 0.05) is 35.3 Å². The van der Waals surface area contributed by atoms with Crippen LogP contribution in [0.4, 0.5) is 0 Å². The van der Waals surface area contributed by atoms with Gasteiger partial charge in [-0.25, -0.2) is 8.42 Å². The average molecular weight is 550 g/mol. The molecule has 0 aliphatic carbocycles. The van der Waals surface area contributed by atoms with E-state index in [0.717, 1.165) is 24.5 Å². The number of aliphatic imine (C=N–C) groups is 1. The third-order valence-corrected chi connectivity index (χ3v) is 6.85. The Balaban J connectivity index is 0.00000420. The topological polar surface area (TPSA) is 70.6 Å². The van der Waals surface area contributed by atoms with Crippen molar-refractivity contribution in [1.82, 2.24) is 10.6 Å². The molecule has 162 valence electrons. The summed E-state index contributed by atoms with van der Waals surface area (Å²) < 4.78 is 24.5. The van der Waals surface area contributed by atoms with Gasteiger partial charge < -0.3 is 10.6 Å². The molecule has 8 heteroatoms. The number of rotatable bonds is 10. The Morgan fingerprint density at radius 2 is 1.90 bits per heavy atom. The summed E-state index contributed by atoms with van der Waals surface area (Å²) in [5.74, 6) is 0.978. The molecular formula is C21H32IN3O2S2. The third kappa shape index (κ3) is 10.5. The smallest absolute Gasteiger partial charge is 0.191 e. The van der Waals surface area contributed by atoms with Gasteiger partial charge in [-0.3, -0.25) is 4.99 Å². The SMILES string of the molecule is CCNC(=NCCCS(=O)(=O)Cc1ccccc1)NC(C)Cc1ccc(C)s1.I. The van der Waals surface area contributed by atoms with Crippen LogP contribution >= 0.6 is 35.3 Å².